The lowest BCUT2D eigenvalue weighted by molar-refractivity contribution is 0.0730. The number of nitrogens with two attached hydrogens (primary N) is 1. The quantitative estimate of drug-likeness (QED) is 0.283. The van der Waals surface area contributed by atoms with E-state index in [9.17, 15) is 10.1 Å². The van der Waals surface area contributed by atoms with Crippen molar-refractivity contribution in [3.8, 4) is 23.3 Å². The smallest absolute Gasteiger partial charge is 0.347 e. The van der Waals surface area contributed by atoms with Gasteiger partial charge in [-0.25, -0.2) is 4.79 Å². The molecule has 34 heavy (non-hydrogen) atoms. The van der Waals surface area contributed by atoms with Crippen LogP contribution in [0.5, 0.6) is 17.2 Å². The van der Waals surface area contributed by atoms with E-state index in [-0.39, 0.29) is 11.8 Å². The van der Waals surface area contributed by atoms with Gasteiger partial charge in [-0.15, -0.1) is 0 Å². The van der Waals surface area contributed by atoms with E-state index >= 15 is 0 Å². The lowest BCUT2D eigenvalue weighted by atomic mass is 9.83. The standard InChI is InChI=1S/C28H26N2O4/c1-3-4-15-32-24-8-6-5-7-22(24)28(31)33-20-13-14-21-25(16-20)34-27(30)23(17-29)26(21)19-11-9-18(2)10-12-19/h5-14,16,26H,3-4,15,30H2,1-2H3. The lowest BCUT2D eigenvalue weighted by Gasteiger charge is -2.26. The molecule has 1 unspecified atom stereocenters. The van der Waals surface area contributed by atoms with Gasteiger partial charge >= 0.3 is 5.97 Å². The predicted octanol–water partition coefficient (Wildman–Crippen LogP) is 5.61. The number of hydrogen-bond donors (Lipinski definition) is 1. The van der Waals surface area contributed by atoms with Crippen LogP contribution in [0, 0.1) is 18.3 Å². The first-order valence-corrected chi connectivity index (χ1v) is 11.2. The van der Waals surface area contributed by atoms with Crippen LogP contribution >= 0.6 is 0 Å². The second-order valence-corrected chi connectivity index (χ2v) is 8.12. The molecule has 1 atom stereocenters. The highest BCUT2D eigenvalue weighted by molar-refractivity contribution is 5.94. The van der Waals surface area contributed by atoms with Crippen LogP contribution in [0.1, 0.15) is 52.7 Å². The SMILES string of the molecule is CCCCOc1ccccc1C(=O)Oc1ccc2c(c1)OC(N)=C(C#N)C2c1ccc(C)cc1. The highest BCUT2D eigenvalue weighted by Crippen LogP contribution is 2.43. The Bertz CT molecular complexity index is 1270. The minimum Gasteiger partial charge on any atom is -0.493 e. The van der Waals surface area contributed by atoms with Gasteiger partial charge in [-0.1, -0.05) is 61.4 Å². The number of allylic oxidation sites excluding steroid dienone is 1. The fourth-order valence-electron chi connectivity index (χ4n) is 3.85. The molecule has 172 valence electrons. The number of nitriles is 1. The first-order chi connectivity index (χ1) is 16.5. The number of nitrogens with zero attached hydrogens (tertiary/aromatic N) is 1. The molecule has 0 fully saturated rings. The summed E-state index contributed by atoms with van der Waals surface area (Å²) in [6.45, 7) is 4.61. The number of esters is 1. The molecule has 1 aliphatic rings. The van der Waals surface area contributed by atoms with E-state index in [1.54, 1.807) is 36.4 Å². The normalized spacial score (nSPS) is 14.6. The third kappa shape index (κ3) is 4.74. The van der Waals surface area contributed by atoms with E-state index < -0.39 is 5.97 Å². The molecular weight excluding hydrogens is 428 g/mol. The van der Waals surface area contributed by atoms with Gasteiger partial charge in [0.25, 0.3) is 0 Å². The second kappa shape index (κ2) is 10.1. The van der Waals surface area contributed by atoms with Crippen LogP contribution in [0.2, 0.25) is 0 Å². The number of unbranched alkanes of at least 4 members (excludes halogenated alkanes) is 1. The lowest BCUT2D eigenvalue weighted by Crippen LogP contribution is -2.21. The summed E-state index contributed by atoms with van der Waals surface area (Å²) in [5, 5.41) is 9.73. The first kappa shape index (κ1) is 22.9. The van der Waals surface area contributed by atoms with E-state index in [0.29, 0.717) is 35.0 Å². The van der Waals surface area contributed by atoms with Crippen LogP contribution in [0.3, 0.4) is 0 Å². The summed E-state index contributed by atoms with van der Waals surface area (Å²) in [5.74, 6) is 0.382. The fourth-order valence-corrected chi connectivity index (χ4v) is 3.85. The summed E-state index contributed by atoms with van der Waals surface area (Å²) in [5.41, 5.74) is 9.61. The topological polar surface area (TPSA) is 94.6 Å². The van der Waals surface area contributed by atoms with Gasteiger partial charge in [-0.3, -0.25) is 0 Å². The number of carbonyl (C=O) groups is 1. The average Bonchev–Trinajstić information content (AvgIpc) is 2.84. The molecule has 1 heterocycles. The van der Waals surface area contributed by atoms with Crippen molar-refractivity contribution >= 4 is 5.97 Å². The zero-order chi connectivity index (χ0) is 24.1. The van der Waals surface area contributed by atoms with Crippen LogP contribution < -0.4 is 19.9 Å². The molecule has 0 radical (unpaired) electrons. The zero-order valence-electron chi connectivity index (χ0n) is 19.2. The highest BCUT2D eigenvalue weighted by atomic mass is 16.5. The summed E-state index contributed by atoms with van der Waals surface area (Å²) in [6, 6.07) is 22.2. The number of hydrogen-bond acceptors (Lipinski definition) is 6. The molecular formula is C28H26N2O4. The maximum absolute atomic E-state index is 12.9. The van der Waals surface area contributed by atoms with Gasteiger partial charge in [0.1, 0.15) is 34.5 Å². The molecule has 4 rings (SSSR count). The Morgan fingerprint density at radius 3 is 2.62 bits per heavy atom. The van der Waals surface area contributed by atoms with Crippen molar-refractivity contribution < 1.29 is 19.0 Å². The van der Waals surface area contributed by atoms with E-state index in [0.717, 1.165) is 29.5 Å². The molecule has 0 spiro atoms. The largest absolute Gasteiger partial charge is 0.493 e. The monoisotopic (exact) mass is 454 g/mol. The summed E-state index contributed by atoms with van der Waals surface area (Å²) >= 11 is 0. The zero-order valence-corrected chi connectivity index (χ0v) is 19.2. The summed E-state index contributed by atoms with van der Waals surface area (Å²) in [7, 11) is 0. The molecule has 2 N–H and O–H groups in total. The Labute approximate surface area is 199 Å². The van der Waals surface area contributed by atoms with Crippen LogP contribution in [0.15, 0.2) is 78.2 Å². The van der Waals surface area contributed by atoms with Crippen LogP contribution in [-0.2, 0) is 0 Å². The van der Waals surface area contributed by atoms with Crippen LogP contribution in [-0.4, -0.2) is 12.6 Å². The predicted molar refractivity (Wildman–Crippen MR) is 129 cm³/mol. The molecule has 6 nitrogen and oxygen atoms in total. The highest BCUT2D eigenvalue weighted by Gasteiger charge is 2.31. The molecule has 3 aromatic rings. The van der Waals surface area contributed by atoms with Crippen molar-refractivity contribution in [2.75, 3.05) is 6.61 Å². The van der Waals surface area contributed by atoms with Crippen molar-refractivity contribution in [3.05, 3.63) is 100 Å². The second-order valence-electron chi connectivity index (χ2n) is 8.12. The molecule has 0 amide bonds. The Kier molecular flexibility index (Phi) is 6.84. The molecule has 1 aliphatic heterocycles. The maximum atomic E-state index is 12.9. The number of rotatable bonds is 7. The number of fused-ring (bicyclic) bond motifs is 1. The first-order valence-electron chi connectivity index (χ1n) is 11.2. The van der Waals surface area contributed by atoms with Gasteiger partial charge in [-0.05, 0) is 37.1 Å². The summed E-state index contributed by atoms with van der Waals surface area (Å²) < 4.78 is 17.1. The molecule has 0 saturated heterocycles. The molecule has 3 aromatic carbocycles. The molecule has 0 aliphatic carbocycles. The number of benzene rings is 3. The number of ether oxygens (including phenoxy) is 3. The van der Waals surface area contributed by atoms with E-state index in [1.165, 1.54) is 0 Å². The number of para-hydroxylation sites is 1. The Morgan fingerprint density at radius 1 is 1.12 bits per heavy atom. The van der Waals surface area contributed by atoms with Crippen molar-refractivity contribution in [1.29, 1.82) is 5.26 Å². The van der Waals surface area contributed by atoms with Crippen molar-refractivity contribution in [2.24, 2.45) is 5.73 Å². The van der Waals surface area contributed by atoms with Gasteiger partial charge in [0.2, 0.25) is 5.88 Å². The van der Waals surface area contributed by atoms with Gasteiger partial charge in [0.05, 0.1) is 12.5 Å². The van der Waals surface area contributed by atoms with E-state index in [4.69, 9.17) is 19.9 Å². The van der Waals surface area contributed by atoms with E-state index in [2.05, 4.69) is 13.0 Å². The van der Waals surface area contributed by atoms with Crippen LogP contribution in [0.4, 0.5) is 0 Å². The third-order valence-corrected chi connectivity index (χ3v) is 5.67. The number of carbonyl (C=O) groups excluding carboxylic acids is 1. The third-order valence-electron chi connectivity index (χ3n) is 5.67. The number of aryl methyl sites for hydroxylation is 1. The van der Waals surface area contributed by atoms with Crippen molar-refractivity contribution in [1.82, 2.24) is 0 Å². The summed E-state index contributed by atoms with van der Waals surface area (Å²) in [4.78, 5) is 12.9. The minimum absolute atomic E-state index is 0.0405. The van der Waals surface area contributed by atoms with Crippen molar-refractivity contribution in [3.63, 3.8) is 0 Å². The van der Waals surface area contributed by atoms with Crippen molar-refractivity contribution in [2.45, 2.75) is 32.6 Å². The van der Waals surface area contributed by atoms with Crippen LogP contribution in [0.25, 0.3) is 0 Å². The minimum atomic E-state index is -0.529. The Hall–Kier alpha value is -4.24. The van der Waals surface area contributed by atoms with Gasteiger partial charge in [0.15, 0.2) is 0 Å². The fraction of sp³-hybridized carbons (Fsp3) is 0.214. The Balaban J connectivity index is 1.62. The maximum Gasteiger partial charge on any atom is 0.347 e. The van der Waals surface area contributed by atoms with Gasteiger partial charge in [-0.2, -0.15) is 5.26 Å². The van der Waals surface area contributed by atoms with Gasteiger partial charge < -0.3 is 19.9 Å². The van der Waals surface area contributed by atoms with E-state index in [1.807, 2.05) is 37.3 Å². The molecule has 0 saturated carbocycles. The van der Waals surface area contributed by atoms with Gasteiger partial charge in [0, 0.05) is 11.6 Å². The molecule has 0 aromatic heterocycles. The molecule has 6 heteroatoms. The average molecular weight is 455 g/mol. The Morgan fingerprint density at radius 2 is 1.88 bits per heavy atom. The molecule has 0 bridgehead atoms. The summed E-state index contributed by atoms with van der Waals surface area (Å²) in [6.07, 6.45) is 1.89.